The van der Waals surface area contributed by atoms with Crippen LogP contribution in [0.3, 0.4) is 0 Å². The molecule has 1 aliphatic carbocycles. The molecule has 1 unspecified atom stereocenters. The molecule has 1 aliphatic heterocycles. The molecule has 2 fully saturated rings. The van der Waals surface area contributed by atoms with Crippen molar-refractivity contribution in [1.29, 1.82) is 0 Å². The molecule has 4 N–H and O–H groups in total. The Morgan fingerprint density at radius 1 is 1.04 bits per heavy atom. The molecule has 14 nitrogen and oxygen atoms in total. The van der Waals surface area contributed by atoms with E-state index in [-0.39, 0.29) is 42.7 Å². The maximum Gasteiger partial charge on any atom is 0.315 e. The molecule has 2 rings (SSSR count). The first-order valence-electron chi connectivity index (χ1n) is 16.3. The van der Waals surface area contributed by atoms with Gasteiger partial charge in [-0.1, -0.05) is 67.9 Å². The van der Waals surface area contributed by atoms with Crippen LogP contribution in [-0.2, 0) is 29.4 Å². The van der Waals surface area contributed by atoms with Gasteiger partial charge in [0.1, 0.15) is 12.1 Å². The van der Waals surface area contributed by atoms with E-state index in [1.54, 1.807) is 20.8 Å². The number of amides is 5. The first kappa shape index (κ1) is 40.1. The molecule has 47 heavy (non-hydrogen) atoms. The van der Waals surface area contributed by atoms with Gasteiger partial charge < -0.3 is 26.2 Å². The highest BCUT2D eigenvalue weighted by Crippen LogP contribution is 2.65. The first-order chi connectivity index (χ1) is 21.5. The van der Waals surface area contributed by atoms with Crippen molar-refractivity contribution in [2.24, 2.45) is 28.6 Å². The lowest BCUT2D eigenvalue weighted by Crippen LogP contribution is -2.62. The maximum atomic E-state index is 14.3. The Kier molecular flexibility index (Phi) is 13.2. The van der Waals surface area contributed by atoms with Crippen molar-refractivity contribution in [3.05, 3.63) is 12.7 Å². The summed E-state index contributed by atoms with van der Waals surface area (Å²) in [6.45, 7) is 19.0. The van der Waals surface area contributed by atoms with Crippen LogP contribution in [0, 0.1) is 28.6 Å². The van der Waals surface area contributed by atoms with Crippen LogP contribution in [0.5, 0.6) is 0 Å². The zero-order chi connectivity index (χ0) is 36.2. The highest BCUT2D eigenvalue weighted by Gasteiger charge is 2.70. The van der Waals surface area contributed by atoms with Crippen molar-refractivity contribution >= 4 is 39.7 Å². The van der Waals surface area contributed by atoms with Gasteiger partial charge in [0.25, 0.3) is 16.1 Å². The molecule has 268 valence electrons. The zero-order valence-corrected chi connectivity index (χ0v) is 30.8. The molecular weight excluding hydrogens is 626 g/mol. The monoisotopic (exact) mass is 683 g/mol. The molecule has 0 radical (unpaired) electrons. The number of piperidine rings is 1. The van der Waals surface area contributed by atoms with E-state index in [4.69, 9.17) is 0 Å². The highest BCUT2D eigenvalue weighted by atomic mass is 32.2. The summed E-state index contributed by atoms with van der Waals surface area (Å²) in [4.78, 5) is 68.4. The van der Waals surface area contributed by atoms with E-state index < -0.39 is 69.3 Å². The number of urea groups is 1. The number of carbonyl (C=O) groups excluding carboxylic acids is 5. The lowest BCUT2D eigenvalue weighted by atomic mass is 9.85. The fourth-order valence-corrected chi connectivity index (χ4v) is 7.17. The molecule has 1 saturated carbocycles. The van der Waals surface area contributed by atoms with Gasteiger partial charge in [0.2, 0.25) is 17.6 Å². The smallest absolute Gasteiger partial charge is 0.315 e. The zero-order valence-electron chi connectivity index (χ0n) is 30.0. The molecule has 1 saturated heterocycles. The predicted molar refractivity (Wildman–Crippen MR) is 180 cm³/mol. The maximum absolute atomic E-state index is 14.3. The second-order valence-corrected chi connectivity index (χ2v) is 17.2. The molecule has 0 spiro atoms. The summed E-state index contributed by atoms with van der Waals surface area (Å²) in [5, 5.41) is 10.9. The minimum Gasteiger partial charge on any atom is -0.346 e. The summed E-state index contributed by atoms with van der Waals surface area (Å²) in [6.07, 6.45) is 2.24. The summed E-state index contributed by atoms with van der Waals surface area (Å²) in [5.74, 6) is -2.78. The van der Waals surface area contributed by atoms with Gasteiger partial charge in [-0.15, -0.1) is 6.58 Å². The van der Waals surface area contributed by atoms with Crippen molar-refractivity contribution in [3.63, 3.8) is 0 Å². The molecule has 6 atom stereocenters. The van der Waals surface area contributed by atoms with Crippen molar-refractivity contribution in [2.75, 3.05) is 40.8 Å². The van der Waals surface area contributed by atoms with E-state index in [0.29, 0.717) is 13.0 Å². The number of Topliss-reactive ketones (excluding diaryl/α,β-unsaturated/α-hetero) is 1. The van der Waals surface area contributed by atoms with Gasteiger partial charge in [-0.3, -0.25) is 19.2 Å². The standard InChI is InChI=1S/C32H57N7O7S/c1-13-15-21(25(40)28(42)33-16-14-2)34-27(41)24-23-20(32(23,8)9)17-39(24)29(43)26(31(5,6)7)36-30(44)35-22(19(3)4)18-38(12)47(45,46)37(10)11/h14,19-24,26H,2,13,15-18H2,1,3-12H3,(H,33,42)(H,34,41)(H2,35,36,44)/t20-,21?,22+,23-,24-,26+/m0/s1. The Morgan fingerprint density at radius 3 is 2.13 bits per heavy atom. The van der Waals surface area contributed by atoms with Crippen LogP contribution >= 0.6 is 0 Å². The van der Waals surface area contributed by atoms with E-state index in [1.807, 2.05) is 34.6 Å². The third-order valence-electron chi connectivity index (χ3n) is 9.42. The Labute approximate surface area is 281 Å². The molecule has 5 amide bonds. The number of ketones is 1. The minimum absolute atomic E-state index is 0.00973. The van der Waals surface area contributed by atoms with Crippen molar-refractivity contribution in [3.8, 4) is 0 Å². The molecule has 1 heterocycles. The van der Waals surface area contributed by atoms with Crippen LogP contribution < -0.4 is 21.3 Å². The second-order valence-electron chi connectivity index (χ2n) is 14.9. The number of nitrogens with one attached hydrogen (secondary N) is 4. The van der Waals surface area contributed by atoms with E-state index >= 15 is 0 Å². The fourth-order valence-electron chi connectivity index (χ4n) is 6.27. The van der Waals surface area contributed by atoms with Gasteiger partial charge in [0.15, 0.2) is 0 Å². The molecule has 0 bridgehead atoms. The number of hydrogen-bond donors (Lipinski definition) is 4. The molecule has 0 aromatic carbocycles. The minimum atomic E-state index is -3.72. The molecule has 0 aromatic rings. The average Bonchev–Trinajstić information content (AvgIpc) is 3.28. The Hall–Kier alpha value is -3.04. The summed E-state index contributed by atoms with van der Waals surface area (Å²) in [5.41, 5.74) is -0.976. The normalized spacial score (nSPS) is 22.3. The number of likely N-dealkylation sites (N-methyl/N-ethyl adjacent to an activating group) is 1. The van der Waals surface area contributed by atoms with E-state index in [9.17, 15) is 32.4 Å². The number of nitrogens with zero attached hydrogens (tertiary/aromatic N) is 3. The van der Waals surface area contributed by atoms with Crippen LogP contribution in [0.15, 0.2) is 12.7 Å². The number of fused-ring (bicyclic) bond motifs is 1. The summed E-state index contributed by atoms with van der Waals surface area (Å²) in [6, 6.07) is -4.20. The van der Waals surface area contributed by atoms with Crippen molar-refractivity contribution in [1.82, 2.24) is 34.8 Å². The largest absolute Gasteiger partial charge is 0.346 e. The topological polar surface area (TPSA) is 177 Å². The van der Waals surface area contributed by atoms with E-state index in [1.165, 1.54) is 32.1 Å². The fraction of sp³-hybridized carbons (Fsp3) is 0.781. The number of likely N-dealkylation sites (tertiary alicyclic amines) is 1. The highest BCUT2D eigenvalue weighted by molar-refractivity contribution is 7.86. The molecular formula is C32H57N7O7S. The lowest BCUT2D eigenvalue weighted by molar-refractivity contribution is -0.145. The Morgan fingerprint density at radius 2 is 1.64 bits per heavy atom. The van der Waals surface area contributed by atoms with Crippen LogP contribution in [0.1, 0.15) is 68.2 Å². The quantitative estimate of drug-likeness (QED) is 0.139. The van der Waals surface area contributed by atoms with Crippen LogP contribution in [0.25, 0.3) is 0 Å². The third kappa shape index (κ3) is 9.32. The van der Waals surface area contributed by atoms with Gasteiger partial charge in [-0.2, -0.15) is 17.0 Å². The Balaban J connectivity index is 2.30. The van der Waals surface area contributed by atoms with E-state index in [2.05, 4.69) is 27.8 Å². The van der Waals surface area contributed by atoms with Crippen LogP contribution in [-0.4, -0.2) is 116 Å². The summed E-state index contributed by atoms with van der Waals surface area (Å²) >= 11 is 0. The SMILES string of the molecule is C=CCNC(=O)C(=O)C(CCC)NC(=O)[C@@H]1[C@@H]2[C@H](CN1C(=O)[C@@H](NC(=O)N[C@H](CN(C)S(=O)(=O)N(C)C)C(C)C)C(C)(C)C)C2(C)C. The van der Waals surface area contributed by atoms with Crippen molar-refractivity contribution in [2.45, 2.75) is 92.4 Å². The molecule has 2 aliphatic rings. The molecule has 15 heteroatoms. The third-order valence-corrected chi connectivity index (χ3v) is 11.3. The number of hydrogen-bond acceptors (Lipinski definition) is 7. The van der Waals surface area contributed by atoms with Gasteiger partial charge >= 0.3 is 6.03 Å². The summed E-state index contributed by atoms with van der Waals surface area (Å²) < 4.78 is 27.4. The van der Waals surface area contributed by atoms with Crippen LogP contribution in [0.4, 0.5) is 4.79 Å². The van der Waals surface area contributed by atoms with Gasteiger partial charge in [-0.05, 0) is 35.0 Å². The van der Waals surface area contributed by atoms with E-state index in [0.717, 1.165) is 8.61 Å². The second kappa shape index (κ2) is 15.5. The lowest BCUT2D eigenvalue weighted by Gasteiger charge is -2.38. The molecule has 0 aromatic heterocycles. The summed E-state index contributed by atoms with van der Waals surface area (Å²) in [7, 11) is 0.572. The first-order valence-corrected chi connectivity index (χ1v) is 17.7. The average molecular weight is 684 g/mol. The van der Waals surface area contributed by atoms with Crippen LogP contribution in [0.2, 0.25) is 0 Å². The van der Waals surface area contributed by atoms with Gasteiger partial charge in [-0.25, -0.2) is 4.79 Å². The van der Waals surface area contributed by atoms with Gasteiger partial charge in [0.05, 0.1) is 6.04 Å². The van der Waals surface area contributed by atoms with Crippen molar-refractivity contribution < 1.29 is 32.4 Å². The Bertz CT molecular complexity index is 1310. The van der Waals surface area contributed by atoms with Gasteiger partial charge in [0, 0.05) is 46.8 Å². The predicted octanol–water partition coefficient (Wildman–Crippen LogP) is 1.10. The number of carbonyl (C=O) groups is 5. The number of rotatable bonds is 16.